The van der Waals surface area contributed by atoms with E-state index in [1.54, 1.807) is 4.90 Å². The fourth-order valence-corrected chi connectivity index (χ4v) is 1.47. The predicted octanol–water partition coefficient (Wildman–Crippen LogP) is -0.0848. The van der Waals surface area contributed by atoms with Crippen molar-refractivity contribution in [3.8, 4) is 0 Å². The predicted molar refractivity (Wildman–Crippen MR) is 49.1 cm³/mol. The third kappa shape index (κ3) is 3.14. The number of hydrogen-bond donors (Lipinski definition) is 1. The average molecular weight is 184 g/mol. The standard InChI is InChI=1S/C9H16N2O2/c1-7(12)6-9(13)11-4-2-8(10)3-5-11/h8H,2-6,10H2,1H3. The first-order valence-electron chi connectivity index (χ1n) is 4.62. The Bertz CT molecular complexity index is 208. The molecule has 1 saturated heterocycles. The molecule has 4 nitrogen and oxygen atoms in total. The van der Waals surface area contributed by atoms with Crippen LogP contribution >= 0.6 is 0 Å². The van der Waals surface area contributed by atoms with Gasteiger partial charge in [0.1, 0.15) is 5.78 Å². The number of carbonyl (C=O) groups excluding carboxylic acids is 2. The van der Waals surface area contributed by atoms with Crippen LogP contribution in [-0.4, -0.2) is 35.7 Å². The van der Waals surface area contributed by atoms with Gasteiger partial charge in [0.05, 0.1) is 6.42 Å². The number of ketones is 1. The molecule has 0 atom stereocenters. The van der Waals surface area contributed by atoms with Crippen molar-refractivity contribution in [2.45, 2.75) is 32.2 Å². The van der Waals surface area contributed by atoms with Crippen molar-refractivity contribution in [1.82, 2.24) is 4.90 Å². The van der Waals surface area contributed by atoms with Crippen molar-refractivity contribution in [1.29, 1.82) is 0 Å². The lowest BCUT2D eigenvalue weighted by molar-refractivity contribution is -0.135. The van der Waals surface area contributed by atoms with E-state index in [0.717, 1.165) is 12.8 Å². The van der Waals surface area contributed by atoms with Gasteiger partial charge >= 0.3 is 0 Å². The van der Waals surface area contributed by atoms with Gasteiger partial charge in [-0.1, -0.05) is 0 Å². The Hall–Kier alpha value is -0.900. The van der Waals surface area contributed by atoms with Crippen LogP contribution in [0.15, 0.2) is 0 Å². The lowest BCUT2D eigenvalue weighted by Gasteiger charge is -2.29. The molecule has 0 spiro atoms. The van der Waals surface area contributed by atoms with Gasteiger partial charge in [-0.25, -0.2) is 0 Å². The molecule has 0 saturated carbocycles. The quantitative estimate of drug-likeness (QED) is 0.610. The van der Waals surface area contributed by atoms with Crippen LogP contribution in [0, 0.1) is 0 Å². The summed E-state index contributed by atoms with van der Waals surface area (Å²) in [6.07, 6.45) is 1.74. The molecule has 0 aliphatic carbocycles. The lowest BCUT2D eigenvalue weighted by atomic mass is 10.1. The van der Waals surface area contributed by atoms with Crippen molar-refractivity contribution < 1.29 is 9.59 Å². The summed E-state index contributed by atoms with van der Waals surface area (Å²) in [6.45, 7) is 2.84. The Labute approximate surface area is 78.1 Å². The van der Waals surface area contributed by atoms with Gasteiger partial charge in [-0.05, 0) is 19.8 Å². The van der Waals surface area contributed by atoms with Gasteiger partial charge in [0.2, 0.25) is 5.91 Å². The molecule has 0 aromatic rings. The van der Waals surface area contributed by atoms with Crippen LogP contribution in [0.5, 0.6) is 0 Å². The van der Waals surface area contributed by atoms with E-state index in [9.17, 15) is 9.59 Å². The molecule has 0 aromatic heterocycles. The molecule has 1 heterocycles. The molecule has 74 valence electrons. The smallest absolute Gasteiger partial charge is 0.230 e. The molecule has 4 heteroatoms. The number of piperidine rings is 1. The number of carbonyl (C=O) groups is 2. The van der Waals surface area contributed by atoms with E-state index in [-0.39, 0.29) is 24.2 Å². The van der Waals surface area contributed by atoms with Gasteiger partial charge in [-0.15, -0.1) is 0 Å². The summed E-state index contributed by atoms with van der Waals surface area (Å²) in [5, 5.41) is 0. The largest absolute Gasteiger partial charge is 0.342 e. The zero-order valence-corrected chi connectivity index (χ0v) is 7.95. The van der Waals surface area contributed by atoms with E-state index in [0.29, 0.717) is 13.1 Å². The molecule has 1 aliphatic rings. The maximum Gasteiger partial charge on any atom is 0.230 e. The summed E-state index contributed by atoms with van der Waals surface area (Å²) < 4.78 is 0. The number of nitrogens with zero attached hydrogens (tertiary/aromatic N) is 1. The van der Waals surface area contributed by atoms with Crippen molar-refractivity contribution in [3.63, 3.8) is 0 Å². The van der Waals surface area contributed by atoms with Gasteiger partial charge in [0.15, 0.2) is 0 Å². The molecule has 2 N–H and O–H groups in total. The van der Waals surface area contributed by atoms with E-state index in [4.69, 9.17) is 5.73 Å². The molecule has 1 fully saturated rings. The van der Waals surface area contributed by atoms with Crippen LogP contribution < -0.4 is 5.73 Å². The summed E-state index contributed by atoms with van der Waals surface area (Å²) in [5.41, 5.74) is 5.69. The maximum absolute atomic E-state index is 11.4. The zero-order valence-electron chi connectivity index (χ0n) is 7.95. The highest BCUT2D eigenvalue weighted by atomic mass is 16.2. The number of hydrogen-bond acceptors (Lipinski definition) is 3. The second-order valence-electron chi connectivity index (χ2n) is 3.60. The van der Waals surface area contributed by atoms with Gasteiger partial charge in [-0.3, -0.25) is 9.59 Å². The first kappa shape index (κ1) is 10.2. The molecular formula is C9H16N2O2. The fraction of sp³-hybridized carbons (Fsp3) is 0.778. The normalized spacial score (nSPS) is 18.8. The number of amides is 1. The SMILES string of the molecule is CC(=O)CC(=O)N1CCC(N)CC1. The Morgan fingerprint density at radius 3 is 2.38 bits per heavy atom. The maximum atomic E-state index is 11.4. The monoisotopic (exact) mass is 184 g/mol. The molecule has 1 rings (SSSR count). The minimum atomic E-state index is -0.0696. The van der Waals surface area contributed by atoms with Crippen LogP contribution in [0.3, 0.4) is 0 Å². The van der Waals surface area contributed by atoms with E-state index in [2.05, 4.69) is 0 Å². The number of rotatable bonds is 2. The van der Waals surface area contributed by atoms with Crippen LogP contribution in [0.1, 0.15) is 26.2 Å². The van der Waals surface area contributed by atoms with E-state index in [1.807, 2.05) is 0 Å². The highest BCUT2D eigenvalue weighted by molar-refractivity contribution is 5.96. The van der Waals surface area contributed by atoms with Crippen molar-refractivity contribution in [2.24, 2.45) is 5.73 Å². The zero-order chi connectivity index (χ0) is 9.84. The van der Waals surface area contributed by atoms with Crippen LogP contribution in [-0.2, 0) is 9.59 Å². The first-order valence-corrected chi connectivity index (χ1v) is 4.62. The molecular weight excluding hydrogens is 168 g/mol. The summed E-state index contributed by atoms with van der Waals surface area (Å²) in [4.78, 5) is 23.8. The molecule has 1 aliphatic heterocycles. The summed E-state index contributed by atoms with van der Waals surface area (Å²) in [5.74, 6) is -0.126. The molecule has 13 heavy (non-hydrogen) atoms. The van der Waals surface area contributed by atoms with E-state index in [1.165, 1.54) is 6.92 Å². The van der Waals surface area contributed by atoms with Crippen molar-refractivity contribution >= 4 is 11.7 Å². The van der Waals surface area contributed by atoms with Crippen LogP contribution in [0.25, 0.3) is 0 Å². The van der Waals surface area contributed by atoms with E-state index >= 15 is 0 Å². The minimum absolute atomic E-state index is 0.0369. The highest BCUT2D eigenvalue weighted by Gasteiger charge is 2.20. The Morgan fingerprint density at radius 2 is 1.92 bits per heavy atom. The molecule has 1 amide bonds. The highest BCUT2D eigenvalue weighted by Crippen LogP contribution is 2.09. The van der Waals surface area contributed by atoms with E-state index < -0.39 is 0 Å². The first-order chi connectivity index (χ1) is 6.09. The molecule has 0 radical (unpaired) electrons. The second kappa shape index (κ2) is 4.37. The van der Waals surface area contributed by atoms with Gasteiger partial charge < -0.3 is 10.6 Å². The Kier molecular flexibility index (Phi) is 3.42. The number of Topliss-reactive ketones (excluding diaryl/α,β-unsaturated/α-hetero) is 1. The van der Waals surface area contributed by atoms with Gasteiger partial charge in [0, 0.05) is 19.1 Å². The minimum Gasteiger partial charge on any atom is -0.342 e. The summed E-state index contributed by atoms with van der Waals surface area (Å²) >= 11 is 0. The van der Waals surface area contributed by atoms with Crippen molar-refractivity contribution in [2.75, 3.05) is 13.1 Å². The molecule has 0 unspecified atom stereocenters. The molecule has 0 bridgehead atoms. The topological polar surface area (TPSA) is 63.4 Å². The summed E-state index contributed by atoms with van der Waals surface area (Å²) in [6, 6.07) is 0.223. The van der Waals surface area contributed by atoms with Crippen LogP contribution in [0.4, 0.5) is 0 Å². The third-order valence-corrected chi connectivity index (χ3v) is 2.29. The van der Waals surface area contributed by atoms with Crippen LogP contribution in [0.2, 0.25) is 0 Å². The summed E-state index contributed by atoms with van der Waals surface area (Å²) in [7, 11) is 0. The number of nitrogens with two attached hydrogens (primary N) is 1. The Balaban J connectivity index is 2.36. The molecule has 0 aromatic carbocycles. The second-order valence-corrected chi connectivity index (χ2v) is 3.60. The van der Waals surface area contributed by atoms with Gasteiger partial charge in [0.25, 0.3) is 0 Å². The Morgan fingerprint density at radius 1 is 1.38 bits per heavy atom. The fourth-order valence-electron chi connectivity index (χ4n) is 1.47. The number of likely N-dealkylation sites (tertiary alicyclic amines) is 1. The lowest BCUT2D eigenvalue weighted by Crippen LogP contribution is -2.43. The van der Waals surface area contributed by atoms with Crippen molar-refractivity contribution in [3.05, 3.63) is 0 Å². The van der Waals surface area contributed by atoms with Gasteiger partial charge in [-0.2, -0.15) is 0 Å². The third-order valence-electron chi connectivity index (χ3n) is 2.29. The average Bonchev–Trinajstić information content (AvgIpc) is 2.04.